The van der Waals surface area contributed by atoms with Crippen molar-refractivity contribution in [3.63, 3.8) is 0 Å². The number of halogens is 2. The molecule has 33 heavy (non-hydrogen) atoms. The van der Waals surface area contributed by atoms with E-state index in [1.165, 1.54) is 32.0 Å². The van der Waals surface area contributed by atoms with Crippen LogP contribution >= 0.6 is 15.9 Å². The lowest BCUT2D eigenvalue weighted by molar-refractivity contribution is -0.135. The van der Waals surface area contributed by atoms with E-state index in [0.717, 1.165) is 32.2 Å². The number of nitrogens with zero attached hydrogens (tertiary/aromatic N) is 1. The summed E-state index contributed by atoms with van der Waals surface area (Å²) in [4.78, 5) is 29.0. The predicted octanol–water partition coefficient (Wildman–Crippen LogP) is 4.03. The number of hydrogen-bond donors (Lipinski definition) is 2. The van der Waals surface area contributed by atoms with E-state index >= 15 is 0 Å². The zero-order chi connectivity index (χ0) is 23.0. The molecule has 1 saturated heterocycles. The van der Waals surface area contributed by atoms with Crippen LogP contribution in [0.2, 0.25) is 0 Å². The van der Waals surface area contributed by atoms with Crippen LogP contribution in [-0.2, 0) is 16.1 Å². The molecule has 1 aromatic carbocycles. The molecule has 7 heteroatoms. The summed E-state index contributed by atoms with van der Waals surface area (Å²) >= 11 is 3.26. The van der Waals surface area contributed by atoms with Gasteiger partial charge in [-0.1, -0.05) is 34.1 Å². The summed E-state index contributed by atoms with van der Waals surface area (Å²) in [5.74, 6) is -0.903. The predicted molar refractivity (Wildman–Crippen MR) is 129 cm³/mol. The summed E-state index contributed by atoms with van der Waals surface area (Å²) in [5, 5.41) is 6.07. The lowest BCUT2D eigenvalue weighted by atomic mass is 9.81. The van der Waals surface area contributed by atoms with Crippen LogP contribution in [0.4, 0.5) is 4.39 Å². The minimum atomic E-state index is -0.370. The standard InChI is InChI=1S/C26H33BrFN3O2/c27-18-6-5-17(21(28)15-18)16-30-25(33)23-20-8-7-19(26(20)9-10-26)22(23)24(32)29-11-1-2-12-31-13-3-4-14-31/h5-8,15,19-20,22-23H,1-4,9-14,16H2,(H,29,32)(H,30,33)/t19-,20+,22-,23-/m1/s1. The van der Waals surface area contributed by atoms with E-state index in [2.05, 4.69) is 43.6 Å². The number of amides is 2. The van der Waals surface area contributed by atoms with Crippen molar-refractivity contribution in [1.29, 1.82) is 0 Å². The number of unbranched alkanes of at least 4 members (excludes halogenated alkanes) is 1. The maximum absolute atomic E-state index is 14.2. The Labute approximate surface area is 203 Å². The van der Waals surface area contributed by atoms with Crippen LogP contribution < -0.4 is 10.6 Å². The fraction of sp³-hybridized carbons (Fsp3) is 0.615. The van der Waals surface area contributed by atoms with Gasteiger partial charge in [-0.05, 0) is 87.5 Å². The van der Waals surface area contributed by atoms with Crippen molar-refractivity contribution < 1.29 is 14.0 Å². The number of carbonyl (C=O) groups excluding carboxylic acids is 2. The van der Waals surface area contributed by atoms with E-state index in [9.17, 15) is 14.0 Å². The largest absolute Gasteiger partial charge is 0.356 e. The van der Waals surface area contributed by atoms with E-state index in [-0.39, 0.29) is 53.3 Å². The van der Waals surface area contributed by atoms with Crippen LogP contribution in [0.5, 0.6) is 0 Å². The molecule has 1 aliphatic heterocycles. The van der Waals surface area contributed by atoms with Crippen LogP contribution in [0.3, 0.4) is 0 Å². The van der Waals surface area contributed by atoms with Crippen LogP contribution in [0.15, 0.2) is 34.8 Å². The van der Waals surface area contributed by atoms with Gasteiger partial charge in [0.15, 0.2) is 0 Å². The molecule has 3 fully saturated rings. The Morgan fingerprint density at radius 3 is 2.33 bits per heavy atom. The monoisotopic (exact) mass is 517 g/mol. The van der Waals surface area contributed by atoms with Gasteiger partial charge in [0.05, 0.1) is 11.8 Å². The second-order valence-corrected chi connectivity index (χ2v) is 11.1. The third kappa shape index (κ3) is 4.51. The highest BCUT2D eigenvalue weighted by Gasteiger charge is 2.69. The molecule has 2 saturated carbocycles. The van der Waals surface area contributed by atoms with Crippen molar-refractivity contribution >= 4 is 27.7 Å². The maximum atomic E-state index is 14.2. The molecular weight excluding hydrogens is 485 g/mol. The van der Waals surface area contributed by atoms with E-state index in [4.69, 9.17) is 0 Å². The normalized spacial score (nSPS) is 29.0. The average Bonchev–Trinajstić information content (AvgIpc) is 3.15. The lowest BCUT2D eigenvalue weighted by Crippen LogP contribution is -2.44. The van der Waals surface area contributed by atoms with E-state index in [0.29, 0.717) is 16.6 Å². The minimum absolute atomic E-state index is 0.00858. The molecule has 4 atom stereocenters. The van der Waals surface area contributed by atoms with Crippen LogP contribution in [0.1, 0.15) is 44.1 Å². The van der Waals surface area contributed by atoms with Crippen molar-refractivity contribution in [1.82, 2.24) is 15.5 Å². The van der Waals surface area contributed by atoms with Gasteiger partial charge >= 0.3 is 0 Å². The summed E-state index contributed by atoms with van der Waals surface area (Å²) in [6, 6.07) is 4.85. The molecule has 1 aromatic rings. The fourth-order valence-corrected chi connectivity index (χ4v) is 6.80. The molecule has 178 valence electrons. The molecule has 0 aromatic heterocycles. The van der Waals surface area contributed by atoms with Gasteiger partial charge in [-0.2, -0.15) is 0 Å². The number of benzene rings is 1. The first-order chi connectivity index (χ1) is 16.0. The molecule has 2 N–H and O–H groups in total. The van der Waals surface area contributed by atoms with Gasteiger partial charge in [0.1, 0.15) is 5.82 Å². The smallest absolute Gasteiger partial charge is 0.224 e. The van der Waals surface area contributed by atoms with Crippen LogP contribution in [0.25, 0.3) is 0 Å². The van der Waals surface area contributed by atoms with E-state index in [1.54, 1.807) is 12.1 Å². The first-order valence-electron chi connectivity index (χ1n) is 12.4. The molecule has 1 heterocycles. The molecular formula is C26H33BrFN3O2. The molecule has 4 aliphatic rings. The average molecular weight is 518 g/mol. The molecule has 0 radical (unpaired) electrons. The first-order valence-corrected chi connectivity index (χ1v) is 13.2. The Morgan fingerprint density at radius 1 is 1.03 bits per heavy atom. The Bertz CT molecular complexity index is 941. The third-order valence-corrected chi connectivity index (χ3v) is 8.81. The van der Waals surface area contributed by atoms with Crippen molar-refractivity contribution in [2.24, 2.45) is 29.1 Å². The first kappa shape index (κ1) is 23.0. The fourth-order valence-electron chi connectivity index (χ4n) is 6.47. The van der Waals surface area contributed by atoms with E-state index in [1.807, 2.05) is 0 Å². The summed E-state index contributed by atoms with van der Waals surface area (Å²) < 4.78 is 14.9. The quantitative estimate of drug-likeness (QED) is 0.384. The van der Waals surface area contributed by atoms with Gasteiger partial charge in [0.2, 0.25) is 11.8 Å². The number of carbonyl (C=O) groups is 2. The molecule has 0 unspecified atom stereocenters. The highest BCUT2D eigenvalue weighted by molar-refractivity contribution is 9.10. The number of likely N-dealkylation sites (tertiary alicyclic amines) is 1. The van der Waals surface area contributed by atoms with E-state index < -0.39 is 0 Å². The number of allylic oxidation sites excluding steroid dienone is 2. The minimum Gasteiger partial charge on any atom is -0.356 e. The lowest BCUT2D eigenvalue weighted by Gasteiger charge is -2.26. The molecule has 2 bridgehead atoms. The summed E-state index contributed by atoms with van der Waals surface area (Å²) in [6.07, 6.45) is 11.1. The van der Waals surface area contributed by atoms with Crippen molar-refractivity contribution in [2.45, 2.75) is 45.1 Å². The number of hydrogen-bond acceptors (Lipinski definition) is 3. The SMILES string of the molecule is O=C(NCCCCN1CCCC1)[C@H]1[C@H](C(=O)NCc2ccc(Br)cc2F)[C@@H]2C=C[C@H]1C21CC1. The van der Waals surface area contributed by atoms with Gasteiger partial charge in [0, 0.05) is 23.1 Å². The van der Waals surface area contributed by atoms with Crippen molar-refractivity contribution in [3.8, 4) is 0 Å². The molecule has 1 spiro atoms. The summed E-state index contributed by atoms with van der Waals surface area (Å²) in [5.41, 5.74) is 0.549. The van der Waals surface area contributed by atoms with Gasteiger partial charge in [-0.25, -0.2) is 4.39 Å². The molecule has 5 nitrogen and oxygen atoms in total. The summed E-state index contributed by atoms with van der Waals surface area (Å²) in [6.45, 7) is 4.30. The second kappa shape index (κ2) is 9.49. The number of rotatable bonds is 9. The Balaban J connectivity index is 1.18. The third-order valence-electron chi connectivity index (χ3n) is 8.31. The van der Waals surface area contributed by atoms with Crippen LogP contribution in [0, 0.1) is 34.9 Å². The molecule has 5 rings (SSSR count). The van der Waals surface area contributed by atoms with Gasteiger partial charge in [-0.3, -0.25) is 9.59 Å². The van der Waals surface area contributed by atoms with Gasteiger partial charge in [-0.15, -0.1) is 0 Å². The second-order valence-electron chi connectivity index (χ2n) is 10.2. The summed E-state index contributed by atoms with van der Waals surface area (Å²) in [7, 11) is 0. The highest BCUT2D eigenvalue weighted by Crippen LogP contribution is 2.72. The van der Waals surface area contributed by atoms with Crippen LogP contribution in [-0.4, -0.2) is 42.9 Å². The van der Waals surface area contributed by atoms with Crippen molar-refractivity contribution in [3.05, 3.63) is 46.2 Å². The zero-order valence-electron chi connectivity index (χ0n) is 19.0. The topological polar surface area (TPSA) is 61.4 Å². The van der Waals surface area contributed by atoms with Gasteiger partial charge in [0.25, 0.3) is 0 Å². The maximum Gasteiger partial charge on any atom is 0.224 e. The molecule has 2 amide bonds. The number of nitrogens with one attached hydrogen (secondary N) is 2. The molecule has 3 aliphatic carbocycles. The Hall–Kier alpha value is -1.73. The van der Waals surface area contributed by atoms with Gasteiger partial charge < -0.3 is 15.5 Å². The van der Waals surface area contributed by atoms with Crippen molar-refractivity contribution in [2.75, 3.05) is 26.2 Å². The Morgan fingerprint density at radius 2 is 1.70 bits per heavy atom. The zero-order valence-corrected chi connectivity index (χ0v) is 20.6. The highest BCUT2D eigenvalue weighted by atomic mass is 79.9. The Kier molecular flexibility index (Phi) is 6.62.